The minimum Gasteiger partial charge on any atom is -0.368 e. The van der Waals surface area contributed by atoms with E-state index in [1.807, 2.05) is 4.90 Å². The van der Waals surface area contributed by atoms with E-state index in [-0.39, 0.29) is 11.2 Å². The molecule has 0 fully saturated rings. The van der Waals surface area contributed by atoms with Gasteiger partial charge in [-0.25, -0.2) is 0 Å². The van der Waals surface area contributed by atoms with E-state index in [2.05, 4.69) is 28.1 Å². The monoisotopic (exact) mass is 225 g/mol. The SMILES string of the molecule is C=CCN(CC=C)c1nc(N)nc(Cl)n1. The molecule has 0 saturated carbocycles. The molecule has 0 radical (unpaired) electrons. The van der Waals surface area contributed by atoms with E-state index in [0.29, 0.717) is 19.0 Å². The fourth-order valence-corrected chi connectivity index (χ4v) is 1.21. The minimum absolute atomic E-state index is 0.0793. The first-order chi connectivity index (χ1) is 7.17. The van der Waals surface area contributed by atoms with Crippen LogP contribution in [0.15, 0.2) is 25.3 Å². The summed E-state index contributed by atoms with van der Waals surface area (Å²) in [6.45, 7) is 8.46. The molecule has 1 aromatic rings. The van der Waals surface area contributed by atoms with Gasteiger partial charge < -0.3 is 10.6 Å². The van der Waals surface area contributed by atoms with Crippen molar-refractivity contribution < 1.29 is 0 Å². The summed E-state index contributed by atoms with van der Waals surface area (Å²) in [6, 6.07) is 0. The van der Waals surface area contributed by atoms with Crippen molar-refractivity contribution in [2.45, 2.75) is 0 Å². The van der Waals surface area contributed by atoms with Crippen molar-refractivity contribution in [1.82, 2.24) is 15.0 Å². The maximum absolute atomic E-state index is 5.67. The zero-order valence-electron chi connectivity index (χ0n) is 8.23. The van der Waals surface area contributed by atoms with Crippen LogP contribution in [0.25, 0.3) is 0 Å². The number of nitrogen functional groups attached to an aromatic ring is 1. The van der Waals surface area contributed by atoms with Crippen LogP contribution in [0.2, 0.25) is 5.28 Å². The van der Waals surface area contributed by atoms with Crippen molar-refractivity contribution in [2.75, 3.05) is 23.7 Å². The molecule has 0 amide bonds. The Kier molecular flexibility index (Phi) is 4.05. The Morgan fingerprint density at radius 3 is 2.27 bits per heavy atom. The smallest absolute Gasteiger partial charge is 0.232 e. The zero-order valence-corrected chi connectivity index (χ0v) is 8.98. The molecule has 0 aliphatic carbocycles. The second-order valence-electron chi connectivity index (χ2n) is 2.74. The number of nitrogens with zero attached hydrogens (tertiary/aromatic N) is 4. The molecular formula is C9H12ClN5. The lowest BCUT2D eigenvalue weighted by atomic mass is 10.5. The molecule has 80 valence electrons. The van der Waals surface area contributed by atoms with Crippen molar-refractivity contribution in [3.63, 3.8) is 0 Å². The summed E-state index contributed by atoms with van der Waals surface area (Å²) in [4.78, 5) is 13.4. The Bertz CT molecular complexity index is 335. The Hall–Kier alpha value is -1.62. The molecule has 1 aromatic heterocycles. The van der Waals surface area contributed by atoms with Crippen molar-refractivity contribution in [3.8, 4) is 0 Å². The molecule has 1 rings (SSSR count). The Morgan fingerprint density at radius 1 is 1.20 bits per heavy atom. The van der Waals surface area contributed by atoms with Crippen LogP contribution in [-0.2, 0) is 0 Å². The number of halogens is 1. The summed E-state index contributed by atoms with van der Waals surface area (Å²) in [6.07, 6.45) is 3.47. The summed E-state index contributed by atoms with van der Waals surface area (Å²) >= 11 is 5.67. The summed E-state index contributed by atoms with van der Waals surface area (Å²) in [5.74, 6) is 0.524. The number of nitrogens with two attached hydrogens (primary N) is 1. The highest BCUT2D eigenvalue weighted by atomic mass is 35.5. The van der Waals surface area contributed by atoms with Gasteiger partial charge in [0.2, 0.25) is 17.2 Å². The maximum atomic E-state index is 5.67. The van der Waals surface area contributed by atoms with E-state index < -0.39 is 0 Å². The highest BCUT2D eigenvalue weighted by Gasteiger charge is 2.08. The Morgan fingerprint density at radius 2 is 1.80 bits per heavy atom. The van der Waals surface area contributed by atoms with Crippen LogP contribution in [0.3, 0.4) is 0 Å². The molecule has 15 heavy (non-hydrogen) atoms. The van der Waals surface area contributed by atoms with Crippen molar-refractivity contribution in [2.24, 2.45) is 0 Å². The summed E-state index contributed by atoms with van der Waals surface area (Å²) in [5.41, 5.74) is 5.46. The lowest BCUT2D eigenvalue weighted by Crippen LogP contribution is -2.26. The molecule has 1 heterocycles. The third-order valence-corrected chi connectivity index (χ3v) is 1.76. The fourth-order valence-electron chi connectivity index (χ4n) is 1.05. The van der Waals surface area contributed by atoms with Crippen LogP contribution >= 0.6 is 11.6 Å². The van der Waals surface area contributed by atoms with Crippen LogP contribution in [0.4, 0.5) is 11.9 Å². The third kappa shape index (κ3) is 3.21. The molecule has 0 spiro atoms. The topological polar surface area (TPSA) is 67.9 Å². The molecule has 0 saturated heterocycles. The molecule has 0 bridgehead atoms. The van der Waals surface area contributed by atoms with E-state index in [9.17, 15) is 0 Å². The van der Waals surface area contributed by atoms with Gasteiger partial charge in [0, 0.05) is 13.1 Å². The average molecular weight is 226 g/mol. The average Bonchev–Trinajstić information content (AvgIpc) is 2.16. The number of aromatic nitrogens is 3. The number of anilines is 2. The van der Waals surface area contributed by atoms with Crippen LogP contribution in [0.1, 0.15) is 0 Å². The number of rotatable bonds is 5. The van der Waals surface area contributed by atoms with Crippen molar-refractivity contribution in [3.05, 3.63) is 30.6 Å². The lowest BCUT2D eigenvalue weighted by molar-refractivity contribution is 0.876. The van der Waals surface area contributed by atoms with Gasteiger partial charge in [-0.15, -0.1) is 13.2 Å². The zero-order chi connectivity index (χ0) is 11.3. The van der Waals surface area contributed by atoms with Crippen LogP contribution in [0.5, 0.6) is 0 Å². The van der Waals surface area contributed by atoms with Gasteiger partial charge in [-0.05, 0) is 11.6 Å². The fraction of sp³-hybridized carbons (Fsp3) is 0.222. The molecular weight excluding hydrogens is 214 g/mol. The molecule has 0 aliphatic rings. The molecule has 0 unspecified atom stereocenters. The first-order valence-electron chi connectivity index (χ1n) is 4.31. The van der Waals surface area contributed by atoms with Gasteiger partial charge in [-0.1, -0.05) is 12.2 Å². The van der Waals surface area contributed by atoms with Gasteiger partial charge in [-0.3, -0.25) is 0 Å². The van der Waals surface area contributed by atoms with Crippen LogP contribution in [-0.4, -0.2) is 28.0 Å². The standard InChI is InChI=1S/C9H12ClN5/c1-3-5-15(6-4-2)9-13-7(10)12-8(11)14-9/h3-4H,1-2,5-6H2,(H2,11,12,13,14). The second kappa shape index (κ2) is 5.31. The summed E-state index contributed by atoms with van der Waals surface area (Å²) < 4.78 is 0. The Balaban J connectivity index is 2.98. The highest BCUT2D eigenvalue weighted by Crippen LogP contribution is 2.11. The number of hydrogen-bond donors (Lipinski definition) is 1. The van der Waals surface area contributed by atoms with Gasteiger partial charge in [0.15, 0.2) is 0 Å². The second-order valence-corrected chi connectivity index (χ2v) is 3.08. The van der Waals surface area contributed by atoms with E-state index in [0.717, 1.165) is 0 Å². The van der Waals surface area contributed by atoms with Crippen molar-refractivity contribution >= 4 is 23.5 Å². The predicted molar refractivity (Wildman–Crippen MR) is 61.9 cm³/mol. The largest absolute Gasteiger partial charge is 0.368 e. The van der Waals surface area contributed by atoms with E-state index in [1.54, 1.807) is 12.2 Å². The highest BCUT2D eigenvalue weighted by molar-refractivity contribution is 6.28. The van der Waals surface area contributed by atoms with Crippen molar-refractivity contribution in [1.29, 1.82) is 0 Å². The van der Waals surface area contributed by atoms with E-state index in [1.165, 1.54) is 0 Å². The summed E-state index contributed by atoms with van der Waals surface area (Å²) in [5, 5.41) is 0.0793. The quantitative estimate of drug-likeness (QED) is 0.765. The van der Waals surface area contributed by atoms with Crippen LogP contribution < -0.4 is 10.6 Å². The maximum Gasteiger partial charge on any atom is 0.232 e. The van der Waals surface area contributed by atoms with Gasteiger partial charge in [-0.2, -0.15) is 15.0 Å². The molecule has 2 N–H and O–H groups in total. The first kappa shape index (κ1) is 11.5. The normalized spacial score (nSPS) is 9.67. The molecule has 0 aliphatic heterocycles. The molecule has 0 atom stereocenters. The third-order valence-electron chi connectivity index (χ3n) is 1.60. The molecule has 5 nitrogen and oxygen atoms in total. The van der Waals surface area contributed by atoms with E-state index in [4.69, 9.17) is 17.3 Å². The van der Waals surface area contributed by atoms with Gasteiger partial charge >= 0.3 is 0 Å². The summed E-state index contributed by atoms with van der Waals surface area (Å²) in [7, 11) is 0. The van der Waals surface area contributed by atoms with E-state index >= 15 is 0 Å². The molecule has 0 aromatic carbocycles. The van der Waals surface area contributed by atoms with Crippen LogP contribution in [0, 0.1) is 0 Å². The van der Waals surface area contributed by atoms with Gasteiger partial charge in [0.25, 0.3) is 0 Å². The predicted octanol–water partition coefficient (Wildman–Crippen LogP) is 1.29. The Labute approximate surface area is 93.3 Å². The molecule has 6 heteroatoms. The first-order valence-corrected chi connectivity index (χ1v) is 4.69. The minimum atomic E-state index is 0.0793. The van der Waals surface area contributed by atoms with Gasteiger partial charge in [0.1, 0.15) is 0 Å². The number of hydrogen-bond acceptors (Lipinski definition) is 5. The van der Waals surface area contributed by atoms with Gasteiger partial charge in [0.05, 0.1) is 0 Å². The lowest BCUT2D eigenvalue weighted by Gasteiger charge is -2.18.